The molecule has 0 N–H and O–H groups in total. The van der Waals surface area contributed by atoms with E-state index in [2.05, 4.69) is 6.07 Å². The second kappa shape index (κ2) is 8.61. The van der Waals surface area contributed by atoms with Crippen LogP contribution in [-0.4, -0.2) is 22.6 Å². The molecule has 1 amide bonds. The van der Waals surface area contributed by atoms with Crippen LogP contribution in [0.1, 0.15) is 12.5 Å². The van der Waals surface area contributed by atoms with Crippen LogP contribution in [-0.2, 0) is 11.3 Å². The Balaban J connectivity index is 2.04. The summed E-state index contributed by atoms with van der Waals surface area (Å²) in [6.07, 6.45) is 0. The lowest BCUT2D eigenvalue weighted by Crippen LogP contribution is -2.36. The molecular formula is C18H17ClN2OS. The molecule has 23 heavy (non-hydrogen) atoms. The van der Waals surface area contributed by atoms with Crippen molar-refractivity contribution in [3.8, 4) is 6.07 Å². The van der Waals surface area contributed by atoms with Crippen molar-refractivity contribution in [3.63, 3.8) is 0 Å². The van der Waals surface area contributed by atoms with Crippen molar-refractivity contribution in [2.24, 2.45) is 0 Å². The van der Waals surface area contributed by atoms with E-state index in [9.17, 15) is 4.79 Å². The first-order valence-corrected chi connectivity index (χ1v) is 8.48. The number of rotatable bonds is 6. The molecule has 3 nitrogen and oxygen atoms in total. The van der Waals surface area contributed by atoms with Crippen molar-refractivity contribution in [1.29, 1.82) is 5.26 Å². The Labute approximate surface area is 145 Å². The lowest BCUT2D eigenvalue weighted by molar-refractivity contribution is -0.130. The Bertz CT molecular complexity index is 682. The Kier molecular flexibility index (Phi) is 6.52. The van der Waals surface area contributed by atoms with Gasteiger partial charge < -0.3 is 4.90 Å². The molecule has 1 unspecified atom stereocenters. The summed E-state index contributed by atoms with van der Waals surface area (Å²) in [6, 6.07) is 19.2. The normalized spacial score (nSPS) is 11.5. The molecule has 1 atom stereocenters. The number of halogens is 1. The summed E-state index contributed by atoms with van der Waals surface area (Å²) in [4.78, 5) is 15.2. The standard InChI is InChI=1S/C18H17ClN2OS/c1-14(23-17-9-7-16(19)8-10-17)18(22)21(12-11-20)13-15-5-3-2-4-6-15/h2-10,14H,12-13H2,1H3. The van der Waals surface area contributed by atoms with E-state index in [4.69, 9.17) is 16.9 Å². The van der Waals surface area contributed by atoms with Crippen LogP contribution in [0.4, 0.5) is 0 Å². The maximum absolute atomic E-state index is 12.6. The number of benzene rings is 2. The number of nitrogens with zero attached hydrogens (tertiary/aromatic N) is 2. The first kappa shape index (κ1) is 17.4. The second-order valence-electron chi connectivity index (χ2n) is 5.05. The molecular weight excluding hydrogens is 328 g/mol. The van der Waals surface area contributed by atoms with Crippen molar-refractivity contribution in [3.05, 3.63) is 65.2 Å². The molecule has 0 saturated heterocycles. The highest BCUT2D eigenvalue weighted by Gasteiger charge is 2.21. The Morgan fingerprint density at radius 3 is 2.48 bits per heavy atom. The van der Waals surface area contributed by atoms with E-state index in [0.717, 1.165) is 10.5 Å². The summed E-state index contributed by atoms with van der Waals surface area (Å²) in [5, 5.41) is 9.40. The number of carbonyl (C=O) groups is 1. The number of hydrogen-bond acceptors (Lipinski definition) is 3. The fourth-order valence-electron chi connectivity index (χ4n) is 2.13. The Morgan fingerprint density at radius 2 is 1.87 bits per heavy atom. The van der Waals surface area contributed by atoms with Crippen LogP contribution in [0, 0.1) is 11.3 Å². The summed E-state index contributed by atoms with van der Waals surface area (Å²) in [6.45, 7) is 2.38. The molecule has 0 heterocycles. The predicted octanol–water partition coefficient (Wildman–Crippen LogP) is 4.37. The van der Waals surface area contributed by atoms with Gasteiger partial charge in [0.05, 0.1) is 11.3 Å². The first-order valence-electron chi connectivity index (χ1n) is 7.22. The first-order chi connectivity index (χ1) is 11.1. The van der Waals surface area contributed by atoms with Gasteiger partial charge in [-0.3, -0.25) is 4.79 Å². The van der Waals surface area contributed by atoms with Crippen molar-refractivity contribution in [2.45, 2.75) is 23.6 Å². The van der Waals surface area contributed by atoms with Gasteiger partial charge in [0.1, 0.15) is 6.54 Å². The average molecular weight is 345 g/mol. The molecule has 0 spiro atoms. The second-order valence-corrected chi connectivity index (χ2v) is 6.90. The number of thioether (sulfide) groups is 1. The molecule has 0 radical (unpaired) electrons. The average Bonchev–Trinajstić information content (AvgIpc) is 2.57. The summed E-state index contributed by atoms with van der Waals surface area (Å²) >= 11 is 7.34. The molecule has 5 heteroatoms. The number of nitriles is 1. The molecule has 0 saturated carbocycles. The number of hydrogen-bond donors (Lipinski definition) is 0. The van der Waals surface area contributed by atoms with E-state index in [1.54, 1.807) is 17.0 Å². The van der Waals surface area contributed by atoms with E-state index in [1.807, 2.05) is 49.4 Å². The molecule has 0 bridgehead atoms. The monoisotopic (exact) mass is 344 g/mol. The van der Waals surface area contributed by atoms with Crippen LogP contribution < -0.4 is 0 Å². The van der Waals surface area contributed by atoms with Crippen LogP contribution in [0.5, 0.6) is 0 Å². The predicted molar refractivity (Wildman–Crippen MR) is 94.2 cm³/mol. The minimum Gasteiger partial charge on any atom is -0.324 e. The van der Waals surface area contributed by atoms with Gasteiger partial charge >= 0.3 is 0 Å². The number of amides is 1. The zero-order valence-electron chi connectivity index (χ0n) is 12.8. The van der Waals surface area contributed by atoms with Gasteiger partial charge in [-0.2, -0.15) is 5.26 Å². The van der Waals surface area contributed by atoms with E-state index in [1.165, 1.54) is 11.8 Å². The molecule has 2 rings (SSSR count). The molecule has 0 fully saturated rings. The lowest BCUT2D eigenvalue weighted by Gasteiger charge is -2.23. The summed E-state index contributed by atoms with van der Waals surface area (Å²) in [5.41, 5.74) is 1.01. The highest BCUT2D eigenvalue weighted by Crippen LogP contribution is 2.26. The minimum atomic E-state index is -0.270. The molecule has 0 aromatic heterocycles. The van der Waals surface area contributed by atoms with E-state index in [-0.39, 0.29) is 17.7 Å². The summed E-state index contributed by atoms with van der Waals surface area (Å²) < 4.78 is 0. The largest absolute Gasteiger partial charge is 0.324 e. The van der Waals surface area contributed by atoms with Gasteiger partial charge in [0.15, 0.2) is 0 Å². The van der Waals surface area contributed by atoms with Crippen LogP contribution >= 0.6 is 23.4 Å². The zero-order chi connectivity index (χ0) is 16.7. The van der Waals surface area contributed by atoms with Gasteiger partial charge in [-0.25, -0.2) is 0 Å². The van der Waals surface area contributed by atoms with Gasteiger partial charge in [0, 0.05) is 16.5 Å². The third-order valence-corrected chi connectivity index (χ3v) is 4.62. The third kappa shape index (κ3) is 5.31. The van der Waals surface area contributed by atoms with Gasteiger partial charge in [-0.15, -0.1) is 11.8 Å². The Morgan fingerprint density at radius 1 is 1.22 bits per heavy atom. The van der Waals surface area contributed by atoms with Gasteiger partial charge in [-0.1, -0.05) is 41.9 Å². The van der Waals surface area contributed by atoms with E-state index in [0.29, 0.717) is 11.6 Å². The molecule has 118 valence electrons. The molecule has 0 aliphatic heterocycles. The zero-order valence-corrected chi connectivity index (χ0v) is 14.3. The Hall–Kier alpha value is -1.96. The molecule has 0 aliphatic carbocycles. The van der Waals surface area contributed by atoms with Crippen LogP contribution in [0.15, 0.2) is 59.5 Å². The van der Waals surface area contributed by atoms with Crippen molar-refractivity contribution in [1.82, 2.24) is 4.90 Å². The van der Waals surface area contributed by atoms with Crippen LogP contribution in [0.25, 0.3) is 0 Å². The maximum atomic E-state index is 12.6. The quantitative estimate of drug-likeness (QED) is 0.577. The van der Waals surface area contributed by atoms with E-state index >= 15 is 0 Å². The van der Waals surface area contributed by atoms with Gasteiger partial charge in [0.2, 0.25) is 5.91 Å². The molecule has 2 aromatic carbocycles. The topological polar surface area (TPSA) is 44.1 Å². The highest BCUT2D eigenvalue weighted by atomic mass is 35.5. The van der Waals surface area contributed by atoms with Crippen LogP contribution in [0.3, 0.4) is 0 Å². The van der Waals surface area contributed by atoms with Gasteiger partial charge in [0.25, 0.3) is 0 Å². The van der Waals surface area contributed by atoms with Crippen molar-refractivity contribution >= 4 is 29.3 Å². The number of carbonyl (C=O) groups excluding carboxylic acids is 1. The fourth-order valence-corrected chi connectivity index (χ4v) is 3.20. The summed E-state index contributed by atoms with van der Waals surface area (Å²) in [7, 11) is 0. The van der Waals surface area contributed by atoms with Crippen molar-refractivity contribution < 1.29 is 4.79 Å². The van der Waals surface area contributed by atoms with Crippen LogP contribution in [0.2, 0.25) is 5.02 Å². The highest BCUT2D eigenvalue weighted by molar-refractivity contribution is 8.00. The molecule has 0 aliphatic rings. The van der Waals surface area contributed by atoms with Crippen molar-refractivity contribution in [2.75, 3.05) is 6.54 Å². The maximum Gasteiger partial charge on any atom is 0.236 e. The lowest BCUT2D eigenvalue weighted by atomic mass is 10.2. The smallest absolute Gasteiger partial charge is 0.236 e. The SMILES string of the molecule is CC(Sc1ccc(Cl)cc1)C(=O)N(CC#N)Cc1ccccc1. The minimum absolute atomic E-state index is 0.0460. The summed E-state index contributed by atoms with van der Waals surface area (Å²) in [5.74, 6) is -0.0460. The van der Waals surface area contributed by atoms with Gasteiger partial charge in [-0.05, 0) is 36.8 Å². The fraction of sp³-hybridized carbons (Fsp3) is 0.222. The third-order valence-electron chi connectivity index (χ3n) is 3.26. The van der Waals surface area contributed by atoms with E-state index < -0.39 is 0 Å². The molecule has 2 aromatic rings.